The fourth-order valence-corrected chi connectivity index (χ4v) is 2.11. The van der Waals surface area contributed by atoms with Crippen molar-refractivity contribution in [2.75, 3.05) is 17.7 Å². The van der Waals surface area contributed by atoms with E-state index in [1.807, 2.05) is 20.2 Å². The van der Waals surface area contributed by atoms with Gasteiger partial charge in [-0.15, -0.1) is 0 Å². The molecule has 6 heteroatoms. The highest BCUT2D eigenvalue weighted by atomic mass is 16.5. The molecule has 2 aromatic rings. The summed E-state index contributed by atoms with van der Waals surface area (Å²) in [6.45, 7) is 4.63. The summed E-state index contributed by atoms with van der Waals surface area (Å²) in [6.07, 6.45) is 1.95. The molecule has 0 saturated heterocycles. The van der Waals surface area contributed by atoms with Crippen LogP contribution < -0.4 is 11.1 Å². The van der Waals surface area contributed by atoms with Crippen molar-refractivity contribution < 1.29 is 9.53 Å². The van der Waals surface area contributed by atoms with Gasteiger partial charge in [0, 0.05) is 36.7 Å². The van der Waals surface area contributed by atoms with E-state index >= 15 is 0 Å². The molecule has 0 spiro atoms. The lowest BCUT2D eigenvalue weighted by atomic mass is 10.1. The number of carbonyl (C=O) groups is 1. The number of esters is 1. The lowest BCUT2D eigenvalue weighted by Gasteiger charge is -2.12. The van der Waals surface area contributed by atoms with Gasteiger partial charge in [-0.25, -0.2) is 4.79 Å². The Kier molecular flexibility index (Phi) is 4.47. The number of hydrogen-bond acceptors (Lipinski definition) is 5. The monoisotopic (exact) mass is 288 g/mol. The third-order valence-electron chi connectivity index (χ3n) is 3.12. The second-order valence-corrected chi connectivity index (χ2v) is 4.79. The first kappa shape index (κ1) is 14.9. The molecule has 2 rings (SSSR count). The smallest absolute Gasteiger partial charge is 0.340 e. The maximum absolute atomic E-state index is 12.0. The molecule has 0 fully saturated rings. The van der Waals surface area contributed by atoms with E-state index in [1.165, 1.54) is 0 Å². The van der Waals surface area contributed by atoms with Crippen LogP contribution >= 0.6 is 0 Å². The van der Waals surface area contributed by atoms with Gasteiger partial charge in [0.05, 0.1) is 17.9 Å². The minimum Gasteiger partial charge on any atom is -0.462 e. The van der Waals surface area contributed by atoms with Crippen LogP contribution in [-0.4, -0.2) is 22.4 Å². The fraction of sp³-hybridized carbons (Fsp3) is 0.333. The summed E-state index contributed by atoms with van der Waals surface area (Å²) in [7, 11) is 1.88. The Bertz CT molecular complexity index is 649. The number of ether oxygens (including phenoxy) is 1. The highest BCUT2D eigenvalue weighted by molar-refractivity contribution is 5.96. The molecule has 0 unspecified atom stereocenters. The molecule has 0 aliphatic heterocycles. The van der Waals surface area contributed by atoms with Crippen LogP contribution in [0.3, 0.4) is 0 Å². The predicted molar refractivity (Wildman–Crippen MR) is 82.1 cm³/mol. The molecular formula is C15H20N4O2. The number of benzene rings is 1. The van der Waals surface area contributed by atoms with Gasteiger partial charge in [-0.3, -0.25) is 4.68 Å². The number of carbonyl (C=O) groups excluding carboxylic acids is 1. The molecular weight excluding hydrogens is 268 g/mol. The average molecular weight is 288 g/mol. The molecule has 1 aromatic heterocycles. The number of nitrogens with zero attached hydrogens (tertiary/aromatic N) is 2. The van der Waals surface area contributed by atoms with Crippen molar-refractivity contribution in [3.8, 4) is 0 Å². The van der Waals surface area contributed by atoms with Gasteiger partial charge < -0.3 is 15.8 Å². The zero-order valence-corrected chi connectivity index (χ0v) is 12.5. The number of aromatic nitrogens is 2. The van der Waals surface area contributed by atoms with Crippen molar-refractivity contribution in [1.82, 2.24) is 9.78 Å². The van der Waals surface area contributed by atoms with Crippen molar-refractivity contribution in [2.45, 2.75) is 20.4 Å². The first-order chi connectivity index (χ1) is 10.0. The maximum Gasteiger partial charge on any atom is 0.340 e. The number of rotatable bonds is 5. The van der Waals surface area contributed by atoms with Gasteiger partial charge in [-0.1, -0.05) is 0 Å². The molecule has 3 N–H and O–H groups in total. The molecule has 0 aliphatic rings. The van der Waals surface area contributed by atoms with Crippen LogP contribution in [0.5, 0.6) is 0 Å². The third kappa shape index (κ3) is 3.53. The zero-order chi connectivity index (χ0) is 15.4. The normalized spacial score (nSPS) is 10.4. The van der Waals surface area contributed by atoms with Gasteiger partial charge in [0.2, 0.25) is 0 Å². The zero-order valence-electron chi connectivity index (χ0n) is 12.5. The van der Waals surface area contributed by atoms with E-state index in [9.17, 15) is 4.79 Å². The standard InChI is InChI=1S/C15H20N4O2/c1-4-21-15(20)13-7-12(16)5-6-14(13)17-8-11-9-19(3)18-10(11)2/h5-7,9,17H,4,8,16H2,1-3H3. The Morgan fingerprint density at radius 3 is 2.86 bits per heavy atom. The molecule has 0 bridgehead atoms. The van der Waals surface area contributed by atoms with Crippen molar-refractivity contribution in [3.63, 3.8) is 0 Å². The van der Waals surface area contributed by atoms with Crippen LogP contribution in [0.15, 0.2) is 24.4 Å². The highest BCUT2D eigenvalue weighted by Crippen LogP contribution is 2.21. The number of nitrogen functional groups attached to an aromatic ring is 1. The van der Waals surface area contributed by atoms with Crippen LogP contribution in [0.1, 0.15) is 28.5 Å². The summed E-state index contributed by atoms with van der Waals surface area (Å²) >= 11 is 0. The minimum atomic E-state index is -0.379. The van der Waals surface area contributed by atoms with E-state index < -0.39 is 0 Å². The van der Waals surface area contributed by atoms with Crippen LogP contribution in [-0.2, 0) is 18.3 Å². The van der Waals surface area contributed by atoms with Crippen molar-refractivity contribution in [3.05, 3.63) is 41.2 Å². The van der Waals surface area contributed by atoms with Gasteiger partial charge in [0.1, 0.15) is 0 Å². The largest absolute Gasteiger partial charge is 0.462 e. The van der Waals surface area contributed by atoms with Crippen LogP contribution in [0.2, 0.25) is 0 Å². The summed E-state index contributed by atoms with van der Waals surface area (Å²) < 4.78 is 6.82. The maximum atomic E-state index is 12.0. The summed E-state index contributed by atoms with van der Waals surface area (Å²) in [5.41, 5.74) is 9.45. The van der Waals surface area contributed by atoms with E-state index in [-0.39, 0.29) is 5.97 Å². The first-order valence-corrected chi connectivity index (χ1v) is 6.81. The molecule has 6 nitrogen and oxygen atoms in total. The summed E-state index contributed by atoms with van der Waals surface area (Å²) in [4.78, 5) is 12.0. The summed E-state index contributed by atoms with van der Waals surface area (Å²) in [6, 6.07) is 5.16. The van der Waals surface area contributed by atoms with Gasteiger partial charge in [-0.2, -0.15) is 5.10 Å². The Morgan fingerprint density at radius 1 is 1.48 bits per heavy atom. The molecule has 0 atom stereocenters. The van der Waals surface area contributed by atoms with Crippen LogP contribution in [0.4, 0.5) is 11.4 Å². The first-order valence-electron chi connectivity index (χ1n) is 6.81. The van der Waals surface area contributed by atoms with Gasteiger partial charge in [-0.05, 0) is 32.0 Å². The van der Waals surface area contributed by atoms with Crippen molar-refractivity contribution >= 4 is 17.3 Å². The van der Waals surface area contributed by atoms with Gasteiger partial charge >= 0.3 is 5.97 Å². The second kappa shape index (κ2) is 6.30. The van der Waals surface area contributed by atoms with E-state index in [0.717, 1.165) is 11.3 Å². The quantitative estimate of drug-likeness (QED) is 0.650. The fourth-order valence-electron chi connectivity index (χ4n) is 2.11. The molecule has 0 radical (unpaired) electrons. The predicted octanol–water partition coefficient (Wildman–Crippen LogP) is 2.10. The molecule has 112 valence electrons. The molecule has 21 heavy (non-hydrogen) atoms. The number of aryl methyl sites for hydroxylation is 2. The van der Waals surface area contributed by atoms with Crippen LogP contribution in [0.25, 0.3) is 0 Å². The lowest BCUT2D eigenvalue weighted by Crippen LogP contribution is -2.10. The van der Waals surface area contributed by atoms with Crippen molar-refractivity contribution in [2.24, 2.45) is 7.05 Å². The van der Waals surface area contributed by atoms with Crippen molar-refractivity contribution in [1.29, 1.82) is 0 Å². The van der Waals surface area contributed by atoms with Gasteiger partial charge in [0.15, 0.2) is 0 Å². The third-order valence-corrected chi connectivity index (χ3v) is 3.12. The molecule has 1 heterocycles. The molecule has 0 saturated carbocycles. The van der Waals surface area contributed by atoms with Crippen LogP contribution in [0, 0.1) is 6.92 Å². The van der Waals surface area contributed by atoms with E-state index in [0.29, 0.717) is 30.1 Å². The Morgan fingerprint density at radius 2 is 2.24 bits per heavy atom. The number of nitrogens with one attached hydrogen (secondary N) is 1. The number of anilines is 2. The number of nitrogens with two attached hydrogens (primary N) is 1. The van der Waals surface area contributed by atoms with E-state index in [4.69, 9.17) is 10.5 Å². The Hall–Kier alpha value is -2.50. The minimum absolute atomic E-state index is 0.328. The highest BCUT2D eigenvalue weighted by Gasteiger charge is 2.13. The number of hydrogen-bond donors (Lipinski definition) is 2. The second-order valence-electron chi connectivity index (χ2n) is 4.79. The Labute approximate surface area is 123 Å². The molecule has 0 amide bonds. The summed E-state index contributed by atoms with van der Waals surface area (Å²) in [5, 5.41) is 7.53. The Balaban J connectivity index is 2.19. The summed E-state index contributed by atoms with van der Waals surface area (Å²) in [5.74, 6) is -0.379. The van der Waals surface area contributed by atoms with E-state index in [1.54, 1.807) is 29.8 Å². The topological polar surface area (TPSA) is 82.2 Å². The van der Waals surface area contributed by atoms with E-state index in [2.05, 4.69) is 10.4 Å². The van der Waals surface area contributed by atoms with Gasteiger partial charge in [0.25, 0.3) is 0 Å². The lowest BCUT2D eigenvalue weighted by molar-refractivity contribution is 0.0527. The average Bonchev–Trinajstić information content (AvgIpc) is 2.76. The molecule has 1 aromatic carbocycles. The SMILES string of the molecule is CCOC(=O)c1cc(N)ccc1NCc1cn(C)nc1C. The molecule has 0 aliphatic carbocycles.